The molecule has 0 aromatic heterocycles. The number of hydrogen-bond donors (Lipinski definition) is 2. The number of rotatable bonds is 8. The summed E-state index contributed by atoms with van der Waals surface area (Å²) >= 11 is 0. The number of ether oxygens (including phenoxy) is 1. The van der Waals surface area contributed by atoms with Gasteiger partial charge < -0.3 is 25.2 Å². The molecule has 3 rings (SSSR count). The predicted octanol–water partition coefficient (Wildman–Crippen LogP) is 2.57. The number of carbonyl (C=O) groups excluding carboxylic acids is 1. The first-order valence-electron chi connectivity index (χ1n) is 9.81. The number of piperazine rings is 1. The van der Waals surface area contributed by atoms with Crippen molar-refractivity contribution in [1.82, 2.24) is 10.2 Å². The molecule has 0 saturated carbocycles. The zero-order valence-electron chi connectivity index (χ0n) is 16.8. The molecule has 0 unspecified atom stereocenters. The molecule has 0 spiro atoms. The maximum absolute atomic E-state index is 12.0. The Balaban J connectivity index is 1.36. The Labute approximate surface area is 167 Å². The number of carbonyl (C=O) groups is 1. The van der Waals surface area contributed by atoms with Crippen molar-refractivity contribution in [3.05, 3.63) is 54.1 Å². The fourth-order valence-corrected chi connectivity index (χ4v) is 3.21. The molecule has 150 valence electrons. The number of methoxy groups -OCH3 is 1. The summed E-state index contributed by atoms with van der Waals surface area (Å²) in [7, 11) is 3.81. The summed E-state index contributed by atoms with van der Waals surface area (Å²) in [6.07, 6.45) is 0.441. The molecule has 1 aliphatic rings. The Bertz CT molecular complexity index is 738. The van der Waals surface area contributed by atoms with E-state index in [9.17, 15) is 4.79 Å². The van der Waals surface area contributed by atoms with E-state index in [0.29, 0.717) is 19.5 Å². The molecular weight excluding hydrogens is 352 g/mol. The van der Waals surface area contributed by atoms with Crippen LogP contribution in [0.2, 0.25) is 0 Å². The smallest absolute Gasteiger partial charge is 0.222 e. The first-order chi connectivity index (χ1) is 13.6. The van der Waals surface area contributed by atoms with Gasteiger partial charge in [0.15, 0.2) is 0 Å². The van der Waals surface area contributed by atoms with E-state index in [1.165, 1.54) is 5.69 Å². The van der Waals surface area contributed by atoms with Gasteiger partial charge in [0, 0.05) is 57.1 Å². The summed E-state index contributed by atoms with van der Waals surface area (Å²) in [6, 6.07) is 16.2. The first-order valence-corrected chi connectivity index (χ1v) is 9.81. The molecule has 0 radical (unpaired) electrons. The van der Waals surface area contributed by atoms with Crippen molar-refractivity contribution in [2.75, 3.05) is 57.1 Å². The van der Waals surface area contributed by atoms with Gasteiger partial charge in [-0.2, -0.15) is 0 Å². The van der Waals surface area contributed by atoms with E-state index >= 15 is 0 Å². The van der Waals surface area contributed by atoms with Crippen LogP contribution < -0.4 is 20.3 Å². The van der Waals surface area contributed by atoms with E-state index in [1.54, 1.807) is 7.11 Å². The molecule has 1 aliphatic heterocycles. The van der Waals surface area contributed by atoms with Gasteiger partial charge in [-0.3, -0.25) is 4.79 Å². The Morgan fingerprint density at radius 1 is 1.00 bits per heavy atom. The monoisotopic (exact) mass is 382 g/mol. The average molecular weight is 383 g/mol. The Morgan fingerprint density at radius 2 is 1.68 bits per heavy atom. The van der Waals surface area contributed by atoms with Gasteiger partial charge in [-0.1, -0.05) is 12.1 Å². The largest absolute Gasteiger partial charge is 0.497 e. The van der Waals surface area contributed by atoms with E-state index in [4.69, 9.17) is 4.74 Å². The molecule has 2 N–H and O–H groups in total. The van der Waals surface area contributed by atoms with Crippen LogP contribution in [0.4, 0.5) is 11.4 Å². The van der Waals surface area contributed by atoms with E-state index < -0.39 is 0 Å². The fraction of sp³-hybridized carbons (Fsp3) is 0.409. The van der Waals surface area contributed by atoms with Gasteiger partial charge in [-0.25, -0.2) is 0 Å². The zero-order chi connectivity index (χ0) is 19.8. The lowest BCUT2D eigenvalue weighted by atomic mass is 10.2. The van der Waals surface area contributed by atoms with Crippen molar-refractivity contribution in [1.29, 1.82) is 0 Å². The highest BCUT2D eigenvalue weighted by Crippen LogP contribution is 2.19. The third-order valence-corrected chi connectivity index (χ3v) is 5.07. The minimum atomic E-state index is 0.0392. The number of likely N-dealkylation sites (N-methyl/N-ethyl adjacent to an activating group) is 1. The number of hydrogen-bond acceptors (Lipinski definition) is 5. The third-order valence-electron chi connectivity index (χ3n) is 5.07. The highest BCUT2D eigenvalue weighted by atomic mass is 16.5. The summed E-state index contributed by atoms with van der Waals surface area (Å²) in [4.78, 5) is 16.8. The minimum absolute atomic E-state index is 0.0392. The van der Waals surface area contributed by atoms with Gasteiger partial charge in [0.2, 0.25) is 5.91 Å². The summed E-state index contributed by atoms with van der Waals surface area (Å²) < 4.78 is 5.14. The van der Waals surface area contributed by atoms with Gasteiger partial charge in [0.05, 0.1) is 7.11 Å². The van der Waals surface area contributed by atoms with E-state index in [2.05, 4.69) is 51.7 Å². The molecule has 6 heteroatoms. The maximum atomic E-state index is 12.0. The Morgan fingerprint density at radius 3 is 2.32 bits per heavy atom. The molecule has 2 aromatic rings. The molecule has 1 heterocycles. The highest BCUT2D eigenvalue weighted by molar-refractivity contribution is 5.76. The van der Waals surface area contributed by atoms with Crippen molar-refractivity contribution in [2.45, 2.75) is 13.0 Å². The maximum Gasteiger partial charge on any atom is 0.222 e. The van der Waals surface area contributed by atoms with Crippen LogP contribution in [0.15, 0.2) is 48.5 Å². The molecule has 6 nitrogen and oxygen atoms in total. The quantitative estimate of drug-likeness (QED) is 0.735. The second-order valence-electron chi connectivity index (χ2n) is 7.14. The summed E-state index contributed by atoms with van der Waals surface area (Å²) in [5.74, 6) is 0.857. The summed E-state index contributed by atoms with van der Waals surface area (Å²) in [5, 5.41) is 6.27. The van der Waals surface area contributed by atoms with Crippen molar-refractivity contribution in [3.63, 3.8) is 0 Å². The number of amides is 1. The van der Waals surface area contributed by atoms with Crippen LogP contribution in [0, 0.1) is 0 Å². The second kappa shape index (κ2) is 9.99. The zero-order valence-corrected chi connectivity index (χ0v) is 16.8. The predicted molar refractivity (Wildman–Crippen MR) is 114 cm³/mol. The summed E-state index contributed by atoms with van der Waals surface area (Å²) in [5.41, 5.74) is 3.36. The lowest BCUT2D eigenvalue weighted by Gasteiger charge is -2.34. The molecule has 0 bridgehead atoms. The van der Waals surface area contributed by atoms with Crippen LogP contribution in [-0.2, 0) is 11.3 Å². The lowest BCUT2D eigenvalue weighted by Crippen LogP contribution is -2.44. The summed E-state index contributed by atoms with van der Waals surface area (Å²) in [6.45, 7) is 5.48. The molecule has 1 fully saturated rings. The van der Waals surface area contributed by atoms with Gasteiger partial charge in [0.1, 0.15) is 5.75 Å². The SMILES string of the molecule is COc1ccc(CNC(=O)CCNc2ccc(N3CCN(C)CC3)cc2)cc1. The standard InChI is InChI=1S/C22H30N4O2/c1-25-13-15-26(16-14-25)20-7-5-19(6-8-20)23-12-11-22(27)24-17-18-3-9-21(28-2)10-4-18/h3-10,23H,11-17H2,1-2H3,(H,24,27). The minimum Gasteiger partial charge on any atom is -0.497 e. The third kappa shape index (κ3) is 5.89. The van der Waals surface area contributed by atoms with Crippen LogP contribution in [0.5, 0.6) is 5.75 Å². The van der Waals surface area contributed by atoms with Gasteiger partial charge in [-0.15, -0.1) is 0 Å². The molecule has 1 amide bonds. The average Bonchev–Trinajstić information content (AvgIpc) is 2.74. The van der Waals surface area contributed by atoms with Crippen LogP contribution in [0.25, 0.3) is 0 Å². The van der Waals surface area contributed by atoms with Gasteiger partial charge in [-0.05, 0) is 49.0 Å². The van der Waals surface area contributed by atoms with Crippen LogP contribution in [-0.4, -0.2) is 57.7 Å². The topological polar surface area (TPSA) is 56.8 Å². The normalized spacial score (nSPS) is 14.6. The Kier molecular flexibility index (Phi) is 7.14. The molecule has 1 saturated heterocycles. The van der Waals surface area contributed by atoms with Crippen LogP contribution in [0.3, 0.4) is 0 Å². The van der Waals surface area contributed by atoms with E-state index in [0.717, 1.165) is 43.2 Å². The van der Waals surface area contributed by atoms with Crippen LogP contribution in [0.1, 0.15) is 12.0 Å². The number of nitrogens with one attached hydrogen (secondary N) is 2. The molecular formula is C22H30N4O2. The number of nitrogens with zero attached hydrogens (tertiary/aromatic N) is 2. The fourth-order valence-electron chi connectivity index (χ4n) is 3.21. The lowest BCUT2D eigenvalue weighted by molar-refractivity contribution is -0.121. The van der Waals surface area contributed by atoms with E-state index in [-0.39, 0.29) is 5.91 Å². The van der Waals surface area contributed by atoms with Crippen LogP contribution >= 0.6 is 0 Å². The van der Waals surface area contributed by atoms with Gasteiger partial charge in [0.25, 0.3) is 0 Å². The number of benzene rings is 2. The molecule has 0 aliphatic carbocycles. The van der Waals surface area contributed by atoms with Crippen molar-refractivity contribution >= 4 is 17.3 Å². The van der Waals surface area contributed by atoms with Crippen molar-refractivity contribution in [3.8, 4) is 5.75 Å². The van der Waals surface area contributed by atoms with Crippen molar-refractivity contribution in [2.24, 2.45) is 0 Å². The number of anilines is 2. The highest BCUT2D eigenvalue weighted by Gasteiger charge is 2.13. The Hall–Kier alpha value is -2.73. The molecule has 0 atom stereocenters. The molecule has 28 heavy (non-hydrogen) atoms. The second-order valence-corrected chi connectivity index (χ2v) is 7.14. The van der Waals surface area contributed by atoms with Crippen molar-refractivity contribution < 1.29 is 9.53 Å². The van der Waals surface area contributed by atoms with Gasteiger partial charge >= 0.3 is 0 Å². The molecule has 2 aromatic carbocycles. The van der Waals surface area contributed by atoms with E-state index in [1.807, 2.05) is 24.3 Å². The first kappa shape index (κ1) is 20.0.